The normalized spacial score (nSPS) is 15.0. The number of fused-ring (bicyclic) bond motifs is 3. The minimum absolute atomic E-state index is 0.0386. The zero-order valence-electron chi connectivity index (χ0n) is 12.6. The summed E-state index contributed by atoms with van der Waals surface area (Å²) in [4.78, 5) is 2.78. The van der Waals surface area contributed by atoms with Crippen molar-refractivity contribution in [3.8, 4) is 15.5 Å². The molecule has 1 aliphatic carbocycles. The van der Waals surface area contributed by atoms with Gasteiger partial charge >= 0.3 is 0 Å². The van der Waals surface area contributed by atoms with Gasteiger partial charge in [0, 0.05) is 28.3 Å². The Morgan fingerprint density at radius 1 is 1.05 bits per heavy atom. The Hall–Kier alpha value is -0.880. The molecule has 0 radical (unpaired) electrons. The van der Waals surface area contributed by atoms with E-state index in [0.29, 0.717) is 26.4 Å². The van der Waals surface area contributed by atoms with Gasteiger partial charge in [0.05, 0.1) is 24.7 Å². The molecule has 0 fully saturated rings. The van der Waals surface area contributed by atoms with Crippen LogP contribution in [0.15, 0.2) is 16.8 Å². The molecule has 0 aliphatic heterocycles. The highest BCUT2D eigenvalue weighted by Crippen LogP contribution is 2.57. The van der Waals surface area contributed by atoms with E-state index in [0.717, 1.165) is 5.75 Å². The van der Waals surface area contributed by atoms with Crippen molar-refractivity contribution in [1.29, 1.82) is 0 Å². The minimum Gasteiger partial charge on any atom is -0.490 e. The summed E-state index contributed by atoms with van der Waals surface area (Å²) in [6.45, 7) is 6.97. The molecule has 3 nitrogen and oxygen atoms in total. The molecule has 1 aliphatic rings. The molecule has 0 N–H and O–H groups in total. The summed E-state index contributed by atoms with van der Waals surface area (Å²) >= 11 is 3.61. The molecule has 2 aromatic heterocycles. The summed E-state index contributed by atoms with van der Waals surface area (Å²) in [6.07, 6.45) is 0. The van der Waals surface area contributed by atoms with E-state index < -0.39 is 0 Å². The van der Waals surface area contributed by atoms with Crippen molar-refractivity contribution in [1.82, 2.24) is 0 Å². The predicted octanol–water partition coefficient (Wildman–Crippen LogP) is 4.16. The van der Waals surface area contributed by atoms with Gasteiger partial charge < -0.3 is 14.2 Å². The van der Waals surface area contributed by atoms with Crippen LogP contribution in [0.1, 0.15) is 25.0 Å². The van der Waals surface area contributed by atoms with Gasteiger partial charge in [-0.2, -0.15) is 0 Å². The monoisotopic (exact) mass is 324 g/mol. The molecule has 2 aromatic rings. The zero-order valence-corrected chi connectivity index (χ0v) is 14.2. The molecule has 3 rings (SSSR count). The standard InChI is InChI=1S/C16H20O3S2/c1-16(2)11-4-9-20-14(11)15-13(16)12(10-21-15)19-8-7-18-6-5-17-3/h4,9-10H,5-8H2,1-3H3. The van der Waals surface area contributed by atoms with E-state index in [2.05, 4.69) is 30.7 Å². The topological polar surface area (TPSA) is 27.7 Å². The van der Waals surface area contributed by atoms with Gasteiger partial charge in [-0.25, -0.2) is 0 Å². The summed E-state index contributed by atoms with van der Waals surface area (Å²) in [6, 6.07) is 2.24. The van der Waals surface area contributed by atoms with Gasteiger partial charge in [-0.3, -0.25) is 0 Å². The predicted molar refractivity (Wildman–Crippen MR) is 88.0 cm³/mol. The molecule has 0 saturated carbocycles. The van der Waals surface area contributed by atoms with Crippen LogP contribution in [0.2, 0.25) is 0 Å². The first kappa shape index (κ1) is 15.0. The largest absolute Gasteiger partial charge is 0.490 e. The Kier molecular flexibility index (Phi) is 4.36. The first-order chi connectivity index (χ1) is 10.2. The van der Waals surface area contributed by atoms with Crippen molar-refractivity contribution in [3.05, 3.63) is 28.0 Å². The first-order valence-electron chi connectivity index (χ1n) is 7.06. The highest BCUT2D eigenvalue weighted by Gasteiger charge is 2.40. The van der Waals surface area contributed by atoms with Gasteiger partial charge in [-0.15, -0.1) is 22.7 Å². The van der Waals surface area contributed by atoms with E-state index in [1.54, 1.807) is 18.4 Å². The van der Waals surface area contributed by atoms with E-state index in [-0.39, 0.29) is 5.41 Å². The molecule has 0 aromatic carbocycles. The number of hydrogen-bond acceptors (Lipinski definition) is 5. The summed E-state index contributed by atoms with van der Waals surface area (Å²) in [5, 5.41) is 4.31. The van der Waals surface area contributed by atoms with Crippen LogP contribution in [0, 0.1) is 0 Å². The molecule has 2 heterocycles. The lowest BCUT2D eigenvalue weighted by molar-refractivity contribution is 0.0542. The molecule has 0 saturated heterocycles. The molecule has 0 amide bonds. The van der Waals surface area contributed by atoms with Gasteiger partial charge in [0.15, 0.2) is 0 Å². The molecule has 0 spiro atoms. The van der Waals surface area contributed by atoms with Crippen LogP contribution in [-0.4, -0.2) is 33.5 Å². The van der Waals surface area contributed by atoms with Crippen molar-refractivity contribution in [2.75, 3.05) is 33.5 Å². The lowest BCUT2D eigenvalue weighted by Crippen LogP contribution is -2.16. The van der Waals surface area contributed by atoms with Gasteiger partial charge in [0.1, 0.15) is 12.4 Å². The highest BCUT2D eigenvalue weighted by molar-refractivity contribution is 7.21. The molecule has 21 heavy (non-hydrogen) atoms. The average molecular weight is 324 g/mol. The first-order valence-corrected chi connectivity index (χ1v) is 8.82. The summed E-state index contributed by atoms with van der Waals surface area (Å²) in [7, 11) is 1.68. The van der Waals surface area contributed by atoms with E-state index in [4.69, 9.17) is 14.2 Å². The smallest absolute Gasteiger partial charge is 0.134 e. The second-order valence-corrected chi connectivity index (χ2v) is 7.34. The van der Waals surface area contributed by atoms with E-state index in [1.165, 1.54) is 20.9 Å². The van der Waals surface area contributed by atoms with E-state index in [1.807, 2.05) is 11.3 Å². The quantitative estimate of drug-likeness (QED) is 0.716. The fraction of sp³-hybridized carbons (Fsp3) is 0.500. The maximum atomic E-state index is 5.95. The van der Waals surface area contributed by atoms with E-state index in [9.17, 15) is 0 Å². The van der Waals surface area contributed by atoms with Gasteiger partial charge in [0.2, 0.25) is 0 Å². The number of thiophene rings is 2. The molecule has 5 heteroatoms. The van der Waals surface area contributed by atoms with Gasteiger partial charge in [-0.05, 0) is 17.0 Å². The molecule has 0 atom stereocenters. The third-order valence-electron chi connectivity index (χ3n) is 3.84. The Balaban J connectivity index is 1.67. The minimum atomic E-state index is 0.0386. The zero-order chi connectivity index (χ0) is 14.9. The van der Waals surface area contributed by atoms with Crippen LogP contribution in [0.5, 0.6) is 5.75 Å². The van der Waals surface area contributed by atoms with Crippen molar-refractivity contribution in [3.63, 3.8) is 0 Å². The Labute approximate surface area is 133 Å². The Bertz CT molecular complexity index is 613. The van der Waals surface area contributed by atoms with Crippen molar-refractivity contribution in [2.45, 2.75) is 19.3 Å². The second kappa shape index (κ2) is 6.08. The third kappa shape index (κ3) is 2.63. The van der Waals surface area contributed by atoms with Crippen LogP contribution in [0.3, 0.4) is 0 Å². The molecule has 0 unspecified atom stereocenters. The number of rotatable bonds is 7. The van der Waals surface area contributed by atoms with Crippen LogP contribution in [-0.2, 0) is 14.9 Å². The fourth-order valence-corrected chi connectivity index (χ4v) is 5.16. The third-order valence-corrected chi connectivity index (χ3v) is 5.88. The van der Waals surface area contributed by atoms with Crippen molar-refractivity contribution in [2.24, 2.45) is 0 Å². The SMILES string of the molecule is COCCOCCOc1csc2c1C(C)(C)c1ccsc1-2. The lowest BCUT2D eigenvalue weighted by atomic mass is 9.84. The number of methoxy groups -OCH3 is 1. The summed E-state index contributed by atoms with van der Waals surface area (Å²) in [5.74, 6) is 1.01. The summed E-state index contributed by atoms with van der Waals surface area (Å²) < 4.78 is 16.3. The maximum absolute atomic E-state index is 5.95. The molecule has 114 valence electrons. The van der Waals surface area contributed by atoms with Gasteiger partial charge in [-0.1, -0.05) is 13.8 Å². The van der Waals surface area contributed by atoms with Crippen LogP contribution >= 0.6 is 22.7 Å². The van der Waals surface area contributed by atoms with Crippen LogP contribution in [0.4, 0.5) is 0 Å². The van der Waals surface area contributed by atoms with Crippen LogP contribution < -0.4 is 4.74 Å². The molecular formula is C16H20O3S2. The van der Waals surface area contributed by atoms with Gasteiger partial charge in [0.25, 0.3) is 0 Å². The Morgan fingerprint density at radius 3 is 2.67 bits per heavy atom. The van der Waals surface area contributed by atoms with Crippen molar-refractivity contribution < 1.29 is 14.2 Å². The second-order valence-electron chi connectivity index (χ2n) is 5.55. The molecule has 0 bridgehead atoms. The maximum Gasteiger partial charge on any atom is 0.134 e. The highest BCUT2D eigenvalue weighted by atomic mass is 32.1. The van der Waals surface area contributed by atoms with E-state index >= 15 is 0 Å². The van der Waals surface area contributed by atoms with Crippen molar-refractivity contribution >= 4 is 22.7 Å². The Morgan fingerprint density at radius 2 is 1.86 bits per heavy atom. The fourth-order valence-electron chi connectivity index (χ4n) is 2.77. The number of hydrogen-bond donors (Lipinski definition) is 0. The van der Waals surface area contributed by atoms with Crippen LogP contribution in [0.25, 0.3) is 9.75 Å². The lowest BCUT2D eigenvalue weighted by Gasteiger charge is -2.21. The average Bonchev–Trinajstić information content (AvgIpc) is 3.11. The summed E-state index contributed by atoms with van der Waals surface area (Å²) in [5.41, 5.74) is 2.80. The molecular weight excluding hydrogens is 304 g/mol. The number of ether oxygens (including phenoxy) is 3.